The van der Waals surface area contributed by atoms with Crippen LogP contribution in [0.25, 0.3) is 0 Å². The van der Waals surface area contributed by atoms with Crippen LogP contribution in [0.2, 0.25) is 0 Å². The zero-order valence-corrected chi connectivity index (χ0v) is 14.0. The van der Waals surface area contributed by atoms with Gasteiger partial charge in [0.2, 0.25) is 0 Å². The molecule has 1 atom stereocenters. The Kier molecular flexibility index (Phi) is 5.80. The molecular formula is C18H25N3O3. The molecule has 1 unspecified atom stereocenters. The third kappa shape index (κ3) is 4.32. The van der Waals surface area contributed by atoms with Gasteiger partial charge in [-0.3, -0.25) is 14.6 Å². The lowest BCUT2D eigenvalue weighted by Gasteiger charge is -2.20. The van der Waals surface area contributed by atoms with Crippen LogP contribution < -0.4 is 5.32 Å². The van der Waals surface area contributed by atoms with Crippen LogP contribution in [-0.4, -0.2) is 54.0 Å². The van der Waals surface area contributed by atoms with Gasteiger partial charge < -0.3 is 15.0 Å². The first-order valence-electron chi connectivity index (χ1n) is 8.88. The molecule has 0 spiro atoms. The zero-order valence-electron chi connectivity index (χ0n) is 14.0. The Labute approximate surface area is 142 Å². The Bertz CT molecular complexity index is 577. The van der Waals surface area contributed by atoms with E-state index in [1.165, 1.54) is 19.0 Å². The highest BCUT2D eigenvalue weighted by Crippen LogP contribution is 2.14. The van der Waals surface area contributed by atoms with E-state index in [0.29, 0.717) is 17.7 Å². The van der Waals surface area contributed by atoms with Crippen molar-refractivity contribution in [2.75, 3.05) is 26.2 Å². The molecule has 0 saturated carbocycles. The molecule has 2 aliphatic heterocycles. The highest BCUT2D eigenvalue weighted by atomic mass is 16.5. The molecule has 2 aliphatic rings. The summed E-state index contributed by atoms with van der Waals surface area (Å²) >= 11 is 0. The van der Waals surface area contributed by atoms with E-state index in [1.807, 2.05) is 4.90 Å². The second kappa shape index (κ2) is 8.24. The Balaban J connectivity index is 1.61. The fourth-order valence-electron chi connectivity index (χ4n) is 3.25. The van der Waals surface area contributed by atoms with Gasteiger partial charge >= 0.3 is 0 Å². The minimum atomic E-state index is -0.205. The fourth-order valence-corrected chi connectivity index (χ4v) is 3.25. The Morgan fingerprint density at radius 1 is 1.12 bits per heavy atom. The summed E-state index contributed by atoms with van der Waals surface area (Å²) in [5.41, 5.74) is 0.912. The maximum absolute atomic E-state index is 12.6. The monoisotopic (exact) mass is 331 g/mol. The number of hydrogen-bond acceptors (Lipinski definition) is 4. The van der Waals surface area contributed by atoms with Gasteiger partial charge in [0.15, 0.2) is 0 Å². The average molecular weight is 331 g/mol. The number of likely N-dealkylation sites (tertiary alicyclic amines) is 1. The molecule has 24 heavy (non-hydrogen) atoms. The van der Waals surface area contributed by atoms with Gasteiger partial charge in [-0.05, 0) is 31.7 Å². The van der Waals surface area contributed by atoms with Crippen LogP contribution >= 0.6 is 0 Å². The van der Waals surface area contributed by atoms with Crippen molar-refractivity contribution in [3.63, 3.8) is 0 Å². The number of amides is 2. The van der Waals surface area contributed by atoms with Gasteiger partial charge in [0.25, 0.3) is 11.8 Å². The van der Waals surface area contributed by atoms with Crippen molar-refractivity contribution in [3.05, 3.63) is 29.6 Å². The first-order valence-corrected chi connectivity index (χ1v) is 8.88. The summed E-state index contributed by atoms with van der Waals surface area (Å²) in [5.74, 6) is -0.235. The standard InChI is InChI=1S/C18H25N3O3/c22-17(20-13-16-6-5-9-24-16)14-10-15(12-19-11-14)18(23)21-7-3-1-2-4-8-21/h10-12,16H,1-9,13H2,(H,20,22). The summed E-state index contributed by atoms with van der Waals surface area (Å²) < 4.78 is 5.50. The summed E-state index contributed by atoms with van der Waals surface area (Å²) in [6, 6.07) is 1.64. The van der Waals surface area contributed by atoms with Gasteiger partial charge in [0.05, 0.1) is 17.2 Å². The average Bonchev–Trinajstić information content (AvgIpc) is 2.99. The molecule has 2 fully saturated rings. The third-order valence-electron chi connectivity index (χ3n) is 4.65. The molecule has 0 aromatic carbocycles. The van der Waals surface area contributed by atoms with Gasteiger partial charge in [-0.25, -0.2) is 0 Å². The zero-order chi connectivity index (χ0) is 16.8. The molecule has 0 bridgehead atoms. The summed E-state index contributed by atoms with van der Waals surface area (Å²) in [5, 5.41) is 2.87. The van der Waals surface area contributed by atoms with E-state index in [9.17, 15) is 9.59 Å². The smallest absolute Gasteiger partial charge is 0.255 e. The van der Waals surface area contributed by atoms with Crippen LogP contribution in [0.4, 0.5) is 0 Å². The number of pyridine rings is 1. The van der Waals surface area contributed by atoms with Crippen molar-refractivity contribution >= 4 is 11.8 Å². The Hall–Kier alpha value is -1.95. The van der Waals surface area contributed by atoms with E-state index in [1.54, 1.807) is 12.3 Å². The van der Waals surface area contributed by atoms with Crippen molar-refractivity contribution < 1.29 is 14.3 Å². The largest absolute Gasteiger partial charge is 0.376 e. The van der Waals surface area contributed by atoms with Crippen molar-refractivity contribution in [1.29, 1.82) is 0 Å². The summed E-state index contributed by atoms with van der Waals surface area (Å²) in [4.78, 5) is 30.9. The molecule has 130 valence electrons. The highest BCUT2D eigenvalue weighted by Gasteiger charge is 2.20. The van der Waals surface area contributed by atoms with E-state index >= 15 is 0 Å². The third-order valence-corrected chi connectivity index (χ3v) is 4.65. The fraction of sp³-hybridized carbons (Fsp3) is 0.611. The molecule has 2 amide bonds. The lowest BCUT2D eigenvalue weighted by molar-refractivity contribution is 0.0761. The van der Waals surface area contributed by atoms with Gasteiger partial charge in [-0.15, -0.1) is 0 Å². The van der Waals surface area contributed by atoms with Gasteiger partial charge in [0.1, 0.15) is 0 Å². The molecule has 6 nitrogen and oxygen atoms in total. The molecule has 1 aromatic heterocycles. The van der Waals surface area contributed by atoms with E-state index in [2.05, 4.69) is 10.3 Å². The van der Waals surface area contributed by atoms with E-state index in [0.717, 1.165) is 45.4 Å². The first-order chi connectivity index (χ1) is 11.7. The Morgan fingerprint density at radius 3 is 2.58 bits per heavy atom. The number of aromatic nitrogens is 1. The maximum Gasteiger partial charge on any atom is 0.255 e. The summed E-state index contributed by atoms with van der Waals surface area (Å²) in [7, 11) is 0. The molecule has 0 aliphatic carbocycles. The molecule has 3 heterocycles. The van der Waals surface area contributed by atoms with Crippen LogP contribution in [0.5, 0.6) is 0 Å². The molecule has 2 saturated heterocycles. The normalized spacial score (nSPS) is 21.3. The predicted octanol–water partition coefficient (Wildman–Crippen LogP) is 2.01. The van der Waals surface area contributed by atoms with Crippen LogP contribution in [0.1, 0.15) is 59.2 Å². The molecule has 1 aromatic rings. The Morgan fingerprint density at radius 2 is 1.88 bits per heavy atom. The van der Waals surface area contributed by atoms with Crippen molar-refractivity contribution in [2.24, 2.45) is 0 Å². The molecule has 0 radical (unpaired) electrons. The molecule has 1 N–H and O–H groups in total. The number of nitrogens with zero attached hydrogens (tertiary/aromatic N) is 2. The second-order valence-electron chi connectivity index (χ2n) is 6.51. The van der Waals surface area contributed by atoms with Crippen LogP contribution in [-0.2, 0) is 4.74 Å². The van der Waals surface area contributed by atoms with Crippen molar-refractivity contribution in [1.82, 2.24) is 15.2 Å². The van der Waals surface area contributed by atoms with Crippen molar-refractivity contribution in [3.8, 4) is 0 Å². The van der Waals surface area contributed by atoms with Crippen LogP contribution in [0.3, 0.4) is 0 Å². The number of rotatable bonds is 4. The minimum Gasteiger partial charge on any atom is -0.376 e. The number of hydrogen-bond donors (Lipinski definition) is 1. The van der Waals surface area contributed by atoms with Gasteiger partial charge in [0, 0.05) is 38.6 Å². The maximum atomic E-state index is 12.6. The van der Waals surface area contributed by atoms with Gasteiger partial charge in [-0.1, -0.05) is 12.8 Å². The quantitative estimate of drug-likeness (QED) is 0.916. The molecule has 6 heteroatoms. The number of nitrogens with one attached hydrogen (secondary N) is 1. The van der Waals surface area contributed by atoms with E-state index < -0.39 is 0 Å². The van der Waals surface area contributed by atoms with Crippen LogP contribution in [0.15, 0.2) is 18.5 Å². The first kappa shape index (κ1) is 16.9. The second-order valence-corrected chi connectivity index (χ2v) is 6.51. The lowest BCUT2D eigenvalue weighted by atomic mass is 10.1. The van der Waals surface area contributed by atoms with E-state index in [-0.39, 0.29) is 17.9 Å². The number of carbonyl (C=O) groups is 2. The highest BCUT2D eigenvalue weighted by molar-refractivity contribution is 5.99. The van der Waals surface area contributed by atoms with Crippen molar-refractivity contribution in [2.45, 2.75) is 44.6 Å². The number of carbonyl (C=O) groups excluding carboxylic acids is 2. The predicted molar refractivity (Wildman–Crippen MR) is 89.9 cm³/mol. The van der Waals surface area contributed by atoms with Gasteiger partial charge in [-0.2, -0.15) is 0 Å². The van der Waals surface area contributed by atoms with Crippen LogP contribution in [0, 0.1) is 0 Å². The number of ether oxygens (including phenoxy) is 1. The lowest BCUT2D eigenvalue weighted by Crippen LogP contribution is -2.33. The molecule has 3 rings (SSSR count). The summed E-state index contributed by atoms with van der Waals surface area (Å²) in [6.45, 7) is 2.84. The van der Waals surface area contributed by atoms with E-state index in [4.69, 9.17) is 4.74 Å². The molecular weight excluding hydrogens is 306 g/mol. The SMILES string of the molecule is O=C(NCC1CCCO1)c1cncc(C(=O)N2CCCCCC2)c1. The summed E-state index contributed by atoms with van der Waals surface area (Å²) in [6.07, 6.45) is 9.61. The topological polar surface area (TPSA) is 71.5 Å². The minimum absolute atomic E-state index is 0.0295.